The van der Waals surface area contributed by atoms with Crippen LogP contribution >= 0.6 is 24.0 Å². The fourth-order valence-electron chi connectivity index (χ4n) is 4.16. The highest BCUT2D eigenvalue weighted by atomic mass is 35.5. The zero-order valence-electron chi connectivity index (χ0n) is 16.4. The molecule has 1 fully saturated rings. The van der Waals surface area contributed by atoms with Crippen LogP contribution in [0.15, 0.2) is 36.4 Å². The Balaban J connectivity index is 0.00000272. The number of carbonyl (C=O) groups is 2. The van der Waals surface area contributed by atoms with Crippen molar-refractivity contribution in [2.24, 2.45) is 5.73 Å². The number of rotatable bonds is 3. The number of nitrogens with two attached hydrogens (primary N) is 1. The Morgan fingerprint density at radius 3 is 2.68 bits per heavy atom. The van der Waals surface area contributed by atoms with Crippen LogP contribution in [0.2, 0.25) is 5.02 Å². The first-order valence-electron chi connectivity index (χ1n) is 9.56. The van der Waals surface area contributed by atoms with Gasteiger partial charge in [-0.2, -0.15) is 0 Å². The topological polar surface area (TPSA) is 84.7 Å². The SMILES string of the molecule is Cl.N[C@@H](Cc1ccc(F)cc1)C(=O)N1CCCC2(C1)OC(=O)Nc1ccc(Cl)c(F)c12. The van der Waals surface area contributed by atoms with Gasteiger partial charge in [0.25, 0.3) is 0 Å². The minimum absolute atomic E-state index is 0. The number of fused-ring (bicyclic) bond motifs is 2. The van der Waals surface area contributed by atoms with E-state index in [1.807, 2.05) is 0 Å². The van der Waals surface area contributed by atoms with Crippen molar-refractivity contribution in [3.63, 3.8) is 0 Å². The molecule has 3 N–H and O–H groups in total. The van der Waals surface area contributed by atoms with Gasteiger partial charge in [0.2, 0.25) is 5.91 Å². The number of carbonyl (C=O) groups excluding carboxylic acids is 2. The van der Waals surface area contributed by atoms with Gasteiger partial charge in [0, 0.05) is 6.54 Å². The summed E-state index contributed by atoms with van der Waals surface area (Å²) in [6.07, 6.45) is 0.352. The van der Waals surface area contributed by atoms with Crippen LogP contribution in [0.5, 0.6) is 0 Å². The van der Waals surface area contributed by atoms with Crippen LogP contribution in [0.25, 0.3) is 0 Å². The van der Waals surface area contributed by atoms with E-state index < -0.39 is 23.6 Å². The third kappa shape index (κ3) is 4.46. The van der Waals surface area contributed by atoms with Gasteiger partial charge in [-0.15, -0.1) is 12.4 Å². The molecule has 0 aromatic heterocycles. The van der Waals surface area contributed by atoms with Gasteiger partial charge >= 0.3 is 6.09 Å². The number of halogens is 4. The van der Waals surface area contributed by atoms with Crippen LogP contribution in [0.3, 0.4) is 0 Å². The van der Waals surface area contributed by atoms with Gasteiger partial charge < -0.3 is 15.4 Å². The van der Waals surface area contributed by atoms with E-state index in [1.165, 1.54) is 29.2 Å². The molecule has 2 aliphatic heterocycles. The van der Waals surface area contributed by atoms with E-state index in [0.29, 0.717) is 19.4 Å². The first-order chi connectivity index (χ1) is 14.3. The maximum atomic E-state index is 14.9. The fraction of sp³-hybridized carbons (Fsp3) is 0.333. The van der Waals surface area contributed by atoms with Gasteiger partial charge in [0.05, 0.1) is 28.9 Å². The summed E-state index contributed by atoms with van der Waals surface area (Å²) in [6, 6.07) is 7.76. The van der Waals surface area contributed by atoms with E-state index in [0.717, 1.165) is 5.56 Å². The van der Waals surface area contributed by atoms with Gasteiger partial charge in [-0.3, -0.25) is 10.1 Å². The van der Waals surface area contributed by atoms with E-state index in [2.05, 4.69) is 5.32 Å². The number of likely N-dealkylation sites (tertiary alicyclic amines) is 1. The van der Waals surface area contributed by atoms with Crippen LogP contribution in [-0.2, 0) is 21.6 Å². The Labute approximate surface area is 189 Å². The largest absolute Gasteiger partial charge is 0.436 e. The first kappa shape index (κ1) is 23.2. The molecule has 2 aromatic carbocycles. The predicted molar refractivity (Wildman–Crippen MR) is 114 cm³/mol. The maximum absolute atomic E-state index is 14.9. The molecule has 0 radical (unpaired) electrons. The average molecular weight is 472 g/mol. The standard InChI is InChI=1S/C21H20ClF2N3O3.ClH/c22-14-6-7-16-17(18(14)24)21(30-20(29)26-16)8-1-9-27(11-21)19(28)15(25)10-12-2-4-13(23)5-3-12;/h2-7,15H,1,8-11,25H2,(H,26,29);1H/t15-,21?;/m0./s1. The molecule has 10 heteroatoms. The molecule has 6 nitrogen and oxygen atoms in total. The molecular weight excluding hydrogens is 451 g/mol. The zero-order valence-corrected chi connectivity index (χ0v) is 17.9. The number of nitrogens with zero attached hydrogens (tertiary/aromatic N) is 1. The Hall–Kier alpha value is -2.42. The molecule has 2 aromatic rings. The number of amides is 2. The van der Waals surface area contributed by atoms with Crippen molar-refractivity contribution >= 4 is 41.7 Å². The lowest BCUT2D eigenvalue weighted by atomic mass is 9.82. The average Bonchev–Trinajstić information content (AvgIpc) is 2.71. The number of hydrogen-bond acceptors (Lipinski definition) is 4. The molecule has 1 spiro atoms. The quantitative estimate of drug-likeness (QED) is 0.708. The van der Waals surface area contributed by atoms with Crippen LogP contribution in [-0.4, -0.2) is 36.0 Å². The van der Waals surface area contributed by atoms with E-state index in [1.54, 1.807) is 12.1 Å². The second-order valence-corrected chi connectivity index (χ2v) is 8.00. The van der Waals surface area contributed by atoms with Crippen molar-refractivity contribution in [2.75, 3.05) is 18.4 Å². The molecule has 31 heavy (non-hydrogen) atoms. The fourth-order valence-corrected chi connectivity index (χ4v) is 4.32. The monoisotopic (exact) mass is 471 g/mol. The summed E-state index contributed by atoms with van der Waals surface area (Å²) in [5.41, 5.74) is 5.91. The number of piperidine rings is 1. The third-order valence-corrected chi connectivity index (χ3v) is 5.82. The van der Waals surface area contributed by atoms with Crippen molar-refractivity contribution in [1.29, 1.82) is 0 Å². The molecule has 2 heterocycles. The molecule has 2 amide bonds. The van der Waals surface area contributed by atoms with Crippen molar-refractivity contribution in [3.05, 3.63) is 64.2 Å². The van der Waals surface area contributed by atoms with Gasteiger partial charge in [-0.1, -0.05) is 23.7 Å². The highest BCUT2D eigenvalue weighted by molar-refractivity contribution is 6.31. The van der Waals surface area contributed by atoms with Crippen LogP contribution in [0.4, 0.5) is 19.3 Å². The molecule has 0 saturated carbocycles. The summed E-state index contributed by atoms with van der Waals surface area (Å²) in [5.74, 6) is -1.40. The second kappa shape index (κ2) is 8.98. The molecular formula is C21H21Cl2F2N3O3. The molecule has 0 bridgehead atoms. The van der Waals surface area contributed by atoms with E-state index in [9.17, 15) is 18.4 Å². The molecule has 4 rings (SSSR count). The van der Waals surface area contributed by atoms with Gasteiger partial charge in [-0.05, 0) is 49.1 Å². The molecule has 166 valence electrons. The lowest BCUT2D eigenvalue weighted by Crippen LogP contribution is -2.56. The lowest BCUT2D eigenvalue weighted by Gasteiger charge is -2.45. The number of nitrogens with one attached hydrogen (secondary N) is 1. The molecule has 2 atom stereocenters. The van der Waals surface area contributed by atoms with Crippen molar-refractivity contribution in [1.82, 2.24) is 4.90 Å². The smallest absolute Gasteiger partial charge is 0.412 e. The normalized spacial score (nSPS) is 20.9. The molecule has 1 unspecified atom stereocenters. The van der Waals surface area contributed by atoms with Gasteiger partial charge in [-0.25, -0.2) is 13.6 Å². The highest BCUT2D eigenvalue weighted by Crippen LogP contribution is 2.45. The van der Waals surface area contributed by atoms with Gasteiger partial charge in [0.15, 0.2) is 11.4 Å². The van der Waals surface area contributed by atoms with E-state index in [4.69, 9.17) is 22.1 Å². The summed E-state index contributed by atoms with van der Waals surface area (Å²) in [4.78, 5) is 26.6. The summed E-state index contributed by atoms with van der Waals surface area (Å²) in [5, 5.41) is 2.39. The van der Waals surface area contributed by atoms with Crippen LogP contribution in [0.1, 0.15) is 24.0 Å². The minimum Gasteiger partial charge on any atom is -0.436 e. The summed E-state index contributed by atoms with van der Waals surface area (Å²) in [6.45, 7) is 0.376. The summed E-state index contributed by atoms with van der Waals surface area (Å²) >= 11 is 5.96. The maximum Gasteiger partial charge on any atom is 0.412 e. The molecule has 1 saturated heterocycles. The van der Waals surface area contributed by atoms with E-state index >= 15 is 0 Å². The Kier molecular flexibility index (Phi) is 6.73. The molecule has 2 aliphatic rings. The van der Waals surface area contributed by atoms with Crippen molar-refractivity contribution in [3.8, 4) is 0 Å². The first-order valence-corrected chi connectivity index (χ1v) is 9.94. The van der Waals surface area contributed by atoms with E-state index in [-0.39, 0.29) is 53.4 Å². The Morgan fingerprint density at radius 1 is 1.26 bits per heavy atom. The summed E-state index contributed by atoms with van der Waals surface area (Å²) < 4.78 is 33.6. The number of benzene rings is 2. The highest BCUT2D eigenvalue weighted by Gasteiger charge is 2.48. The Bertz CT molecular complexity index is 1010. The zero-order chi connectivity index (χ0) is 21.5. The molecule has 0 aliphatic carbocycles. The minimum atomic E-state index is -1.34. The Morgan fingerprint density at radius 2 is 1.97 bits per heavy atom. The number of anilines is 1. The lowest BCUT2D eigenvalue weighted by molar-refractivity contribution is -0.140. The second-order valence-electron chi connectivity index (χ2n) is 7.59. The third-order valence-electron chi connectivity index (χ3n) is 5.53. The number of ether oxygens (including phenoxy) is 1. The van der Waals surface area contributed by atoms with Gasteiger partial charge in [0.1, 0.15) is 5.82 Å². The van der Waals surface area contributed by atoms with Crippen molar-refractivity contribution in [2.45, 2.75) is 30.9 Å². The predicted octanol–water partition coefficient (Wildman–Crippen LogP) is 3.99. The van der Waals surface area contributed by atoms with Crippen molar-refractivity contribution < 1.29 is 23.1 Å². The van der Waals surface area contributed by atoms with Crippen LogP contribution in [0, 0.1) is 11.6 Å². The van der Waals surface area contributed by atoms with Crippen LogP contribution < -0.4 is 11.1 Å². The summed E-state index contributed by atoms with van der Waals surface area (Å²) in [7, 11) is 0. The number of hydrogen-bond donors (Lipinski definition) is 2.